The van der Waals surface area contributed by atoms with Crippen LogP contribution in [0.1, 0.15) is 61.1 Å². The summed E-state index contributed by atoms with van der Waals surface area (Å²) in [6, 6.07) is 14.3. The Morgan fingerprint density at radius 2 is 1.87 bits per heavy atom. The van der Waals surface area contributed by atoms with Gasteiger partial charge in [-0.3, -0.25) is 0 Å². The van der Waals surface area contributed by atoms with Crippen molar-refractivity contribution < 1.29 is 9.53 Å². The van der Waals surface area contributed by atoms with Gasteiger partial charge in [0.15, 0.2) is 5.11 Å². The third-order valence-corrected chi connectivity index (χ3v) is 6.19. The minimum Gasteiger partial charge on any atom is -0.462 e. The fourth-order valence-corrected chi connectivity index (χ4v) is 4.17. The highest BCUT2D eigenvalue weighted by Crippen LogP contribution is 2.25. The molecule has 31 heavy (non-hydrogen) atoms. The van der Waals surface area contributed by atoms with Gasteiger partial charge in [0.25, 0.3) is 0 Å². The predicted octanol–water partition coefficient (Wildman–Crippen LogP) is 5.46. The molecule has 0 amide bonds. The van der Waals surface area contributed by atoms with E-state index in [1.165, 1.54) is 24.1 Å². The van der Waals surface area contributed by atoms with E-state index in [-0.39, 0.29) is 12.0 Å². The molecule has 0 aromatic heterocycles. The Balaban J connectivity index is 1.59. The van der Waals surface area contributed by atoms with Crippen molar-refractivity contribution >= 4 is 34.7 Å². The van der Waals surface area contributed by atoms with Crippen LogP contribution in [0.5, 0.6) is 0 Å². The molecule has 0 aliphatic carbocycles. The van der Waals surface area contributed by atoms with Gasteiger partial charge in [-0.2, -0.15) is 0 Å². The normalized spacial score (nSPS) is 15.3. The predicted molar refractivity (Wildman–Crippen MR) is 132 cm³/mol. The van der Waals surface area contributed by atoms with Crippen molar-refractivity contribution in [3.8, 4) is 0 Å². The molecule has 0 bridgehead atoms. The lowest BCUT2D eigenvalue weighted by Gasteiger charge is -2.32. The summed E-state index contributed by atoms with van der Waals surface area (Å²) in [4.78, 5) is 14.6. The van der Waals surface area contributed by atoms with Crippen LogP contribution in [0.2, 0.25) is 0 Å². The fraction of sp³-hybridized carbons (Fsp3) is 0.440. The molecule has 1 atom stereocenters. The summed E-state index contributed by atoms with van der Waals surface area (Å²) in [6.07, 6.45) is 2.52. The maximum atomic E-state index is 12.1. The van der Waals surface area contributed by atoms with Crippen LogP contribution in [-0.4, -0.2) is 30.8 Å². The number of hydrogen-bond donors (Lipinski definition) is 2. The number of carbonyl (C=O) groups is 1. The second-order valence-corrected chi connectivity index (χ2v) is 8.69. The summed E-state index contributed by atoms with van der Waals surface area (Å²) >= 11 is 5.52. The summed E-state index contributed by atoms with van der Waals surface area (Å²) in [7, 11) is 0. The molecule has 1 aliphatic rings. The molecular weight excluding hydrogens is 406 g/mol. The second kappa shape index (κ2) is 10.6. The van der Waals surface area contributed by atoms with Gasteiger partial charge < -0.3 is 20.3 Å². The van der Waals surface area contributed by atoms with E-state index in [0.29, 0.717) is 17.3 Å². The first-order chi connectivity index (χ1) is 14.9. The van der Waals surface area contributed by atoms with Crippen LogP contribution in [0.3, 0.4) is 0 Å². The molecule has 0 unspecified atom stereocenters. The first-order valence-corrected chi connectivity index (χ1v) is 11.5. The molecule has 0 radical (unpaired) electrons. The minimum atomic E-state index is -0.320. The SMILES string of the molecule is CCOC(=O)c1cccc(NC(=S)N[C@@H](C)c2ccc(N3CCC(C)CC3)cc2)c1C. The van der Waals surface area contributed by atoms with Crippen molar-refractivity contribution in [1.29, 1.82) is 0 Å². The number of thiocarbonyl (C=S) groups is 1. The highest BCUT2D eigenvalue weighted by Gasteiger charge is 2.17. The molecule has 0 saturated carbocycles. The zero-order valence-corrected chi connectivity index (χ0v) is 19.7. The Hall–Kier alpha value is -2.60. The third-order valence-electron chi connectivity index (χ3n) is 5.97. The third kappa shape index (κ3) is 5.97. The number of piperidine rings is 1. The van der Waals surface area contributed by atoms with Gasteiger partial charge in [-0.15, -0.1) is 0 Å². The van der Waals surface area contributed by atoms with E-state index >= 15 is 0 Å². The Morgan fingerprint density at radius 3 is 2.52 bits per heavy atom. The number of esters is 1. The van der Waals surface area contributed by atoms with Crippen molar-refractivity contribution in [3.63, 3.8) is 0 Å². The first kappa shape index (κ1) is 23.1. The van der Waals surface area contributed by atoms with Crippen molar-refractivity contribution in [2.45, 2.75) is 46.6 Å². The average molecular weight is 440 g/mol. The highest BCUT2D eigenvalue weighted by molar-refractivity contribution is 7.80. The van der Waals surface area contributed by atoms with Gasteiger partial charge in [0.2, 0.25) is 0 Å². The highest BCUT2D eigenvalue weighted by atomic mass is 32.1. The Kier molecular flexibility index (Phi) is 7.91. The molecule has 0 spiro atoms. The largest absolute Gasteiger partial charge is 0.462 e. The molecule has 5 nitrogen and oxygen atoms in total. The van der Waals surface area contributed by atoms with Crippen LogP contribution in [0.25, 0.3) is 0 Å². The number of nitrogens with zero attached hydrogens (tertiary/aromatic N) is 1. The summed E-state index contributed by atoms with van der Waals surface area (Å²) in [5.74, 6) is 0.508. The van der Waals surface area contributed by atoms with Gasteiger partial charge in [-0.1, -0.05) is 25.1 Å². The van der Waals surface area contributed by atoms with E-state index in [9.17, 15) is 4.79 Å². The molecular formula is C25H33N3O2S. The quantitative estimate of drug-likeness (QED) is 0.461. The Labute approximate surface area is 191 Å². The Morgan fingerprint density at radius 1 is 1.19 bits per heavy atom. The molecule has 1 saturated heterocycles. The molecule has 6 heteroatoms. The number of ether oxygens (including phenoxy) is 1. The van der Waals surface area contributed by atoms with E-state index in [1.807, 2.05) is 19.1 Å². The molecule has 166 valence electrons. The number of benzene rings is 2. The van der Waals surface area contributed by atoms with Gasteiger partial charge in [0.05, 0.1) is 18.2 Å². The summed E-state index contributed by atoms with van der Waals surface area (Å²) < 4.78 is 5.13. The van der Waals surface area contributed by atoms with E-state index in [0.717, 1.165) is 30.3 Å². The molecule has 2 aromatic carbocycles. The maximum absolute atomic E-state index is 12.1. The number of nitrogens with one attached hydrogen (secondary N) is 2. The molecule has 2 N–H and O–H groups in total. The van der Waals surface area contributed by atoms with E-state index in [1.54, 1.807) is 13.0 Å². The van der Waals surface area contributed by atoms with Crippen molar-refractivity contribution in [2.75, 3.05) is 29.9 Å². The van der Waals surface area contributed by atoms with Gasteiger partial charge in [0, 0.05) is 24.5 Å². The molecule has 3 rings (SSSR count). The first-order valence-electron chi connectivity index (χ1n) is 11.1. The van der Waals surface area contributed by atoms with E-state index in [4.69, 9.17) is 17.0 Å². The zero-order valence-electron chi connectivity index (χ0n) is 18.9. The summed E-state index contributed by atoms with van der Waals surface area (Å²) in [5.41, 5.74) is 4.62. The molecule has 1 heterocycles. The average Bonchev–Trinajstić information content (AvgIpc) is 2.76. The van der Waals surface area contributed by atoms with Gasteiger partial charge >= 0.3 is 5.97 Å². The van der Waals surface area contributed by atoms with E-state index in [2.05, 4.69) is 53.6 Å². The van der Waals surface area contributed by atoms with Crippen molar-refractivity contribution in [2.24, 2.45) is 5.92 Å². The lowest BCUT2D eigenvalue weighted by molar-refractivity contribution is 0.0525. The molecule has 1 aliphatic heterocycles. The summed E-state index contributed by atoms with van der Waals surface area (Å²) in [6.45, 7) is 10.7. The molecule has 2 aromatic rings. The van der Waals surface area contributed by atoms with E-state index < -0.39 is 0 Å². The number of carbonyl (C=O) groups excluding carboxylic acids is 1. The van der Waals surface area contributed by atoms with Crippen LogP contribution in [0.4, 0.5) is 11.4 Å². The summed E-state index contributed by atoms with van der Waals surface area (Å²) in [5, 5.41) is 7.08. The topological polar surface area (TPSA) is 53.6 Å². The van der Waals surface area contributed by atoms with Crippen LogP contribution in [0.15, 0.2) is 42.5 Å². The lowest BCUT2D eigenvalue weighted by atomic mass is 9.98. The Bertz CT molecular complexity index is 905. The lowest BCUT2D eigenvalue weighted by Crippen LogP contribution is -2.33. The molecule has 1 fully saturated rings. The second-order valence-electron chi connectivity index (χ2n) is 8.28. The van der Waals surface area contributed by atoms with Crippen LogP contribution in [0, 0.1) is 12.8 Å². The van der Waals surface area contributed by atoms with Crippen LogP contribution in [-0.2, 0) is 4.74 Å². The number of anilines is 2. The van der Waals surface area contributed by atoms with Crippen molar-refractivity contribution in [1.82, 2.24) is 5.32 Å². The van der Waals surface area contributed by atoms with Crippen LogP contribution < -0.4 is 15.5 Å². The number of hydrogen-bond acceptors (Lipinski definition) is 4. The standard InChI is InChI=1S/C25H33N3O2S/c1-5-30-24(29)22-7-6-8-23(18(22)3)27-25(31)26-19(4)20-9-11-21(12-10-20)28-15-13-17(2)14-16-28/h6-12,17,19H,5,13-16H2,1-4H3,(H2,26,27,31)/t19-/m0/s1. The van der Waals surface area contributed by atoms with Gasteiger partial charge in [-0.25, -0.2) is 4.79 Å². The smallest absolute Gasteiger partial charge is 0.338 e. The fourth-order valence-electron chi connectivity index (χ4n) is 3.88. The van der Waals surface area contributed by atoms with Gasteiger partial charge in [0.1, 0.15) is 0 Å². The number of rotatable bonds is 6. The van der Waals surface area contributed by atoms with Crippen molar-refractivity contribution in [3.05, 3.63) is 59.2 Å². The van der Waals surface area contributed by atoms with Gasteiger partial charge in [-0.05, 0) is 87.1 Å². The minimum absolute atomic E-state index is 0.0592. The van der Waals surface area contributed by atoms with Crippen LogP contribution >= 0.6 is 12.2 Å². The zero-order chi connectivity index (χ0) is 22.4. The maximum Gasteiger partial charge on any atom is 0.338 e. The monoisotopic (exact) mass is 439 g/mol.